The summed E-state index contributed by atoms with van der Waals surface area (Å²) in [5, 5.41) is 3.28. The van der Waals surface area contributed by atoms with Crippen molar-refractivity contribution in [2.75, 3.05) is 6.54 Å². The van der Waals surface area contributed by atoms with E-state index in [2.05, 4.69) is 26.2 Å². The quantitative estimate of drug-likeness (QED) is 0.581. The van der Waals surface area contributed by atoms with Gasteiger partial charge in [0.15, 0.2) is 5.29 Å². The van der Waals surface area contributed by atoms with Gasteiger partial charge in [0.05, 0.1) is 6.54 Å². The van der Waals surface area contributed by atoms with Crippen molar-refractivity contribution in [1.82, 2.24) is 5.32 Å². The maximum atomic E-state index is 5.46. The van der Waals surface area contributed by atoms with Gasteiger partial charge >= 0.3 is 0 Å². The normalized spacial score (nSPS) is 18.8. The number of rotatable bonds is 0. The first kappa shape index (κ1) is 6.11. The molecule has 4 heteroatoms. The Labute approximate surface area is 60.8 Å². The molecule has 1 aliphatic heterocycles. The summed E-state index contributed by atoms with van der Waals surface area (Å²) >= 11 is 8.70. The Morgan fingerprint density at radius 2 is 2.62 bits per heavy atom. The third kappa shape index (κ3) is 1.49. The fraction of sp³-hybridized carbons (Fsp3) is 0.250. The zero-order valence-corrected chi connectivity index (χ0v) is 6.33. The summed E-state index contributed by atoms with van der Waals surface area (Å²) in [4.78, 5) is 3.77. The summed E-state index contributed by atoms with van der Waals surface area (Å²) in [5.74, 6) is 0. The molecular weight excluding hydrogens is 191 g/mol. The van der Waals surface area contributed by atoms with Gasteiger partial charge in [-0.1, -0.05) is 15.9 Å². The zero-order valence-electron chi connectivity index (χ0n) is 3.99. The standard InChI is InChI=1S/C4H4BrClN2/c5-3-1-7-4(6)8-2-3/h1H,2H2,(H,7,8). The van der Waals surface area contributed by atoms with Crippen molar-refractivity contribution in [1.29, 1.82) is 0 Å². The van der Waals surface area contributed by atoms with Gasteiger partial charge in [-0.2, -0.15) is 0 Å². The number of amidine groups is 1. The first-order valence-electron chi connectivity index (χ1n) is 2.11. The van der Waals surface area contributed by atoms with E-state index in [9.17, 15) is 0 Å². The van der Waals surface area contributed by atoms with E-state index in [1.54, 1.807) is 6.20 Å². The van der Waals surface area contributed by atoms with Crippen molar-refractivity contribution < 1.29 is 0 Å². The monoisotopic (exact) mass is 194 g/mol. The van der Waals surface area contributed by atoms with Crippen LogP contribution in [0, 0.1) is 0 Å². The molecule has 0 bridgehead atoms. The summed E-state index contributed by atoms with van der Waals surface area (Å²) in [6, 6.07) is 0. The molecule has 1 aliphatic rings. The Morgan fingerprint density at radius 1 is 1.88 bits per heavy atom. The lowest BCUT2D eigenvalue weighted by molar-refractivity contribution is 1.02. The van der Waals surface area contributed by atoms with Gasteiger partial charge in [-0.05, 0) is 11.6 Å². The van der Waals surface area contributed by atoms with Crippen molar-refractivity contribution in [3.8, 4) is 0 Å². The van der Waals surface area contributed by atoms with Gasteiger partial charge in [-0.25, -0.2) is 4.99 Å². The van der Waals surface area contributed by atoms with E-state index < -0.39 is 0 Å². The molecule has 0 aromatic rings. The van der Waals surface area contributed by atoms with Crippen LogP contribution in [0.1, 0.15) is 0 Å². The average molecular weight is 195 g/mol. The number of aliphatic imine (C=N–C) groups is 1. The van der Waals surface area contributed by atoms with Crippen LogP contribution in [0.2, 0.25) is 0 Å². The van der Waals surface area contributed by atoms with Crippen LogP contribution in [-0.2, 0) is 0 Å². The Hall–Kier alpha value is -0.0200. The minimum Gasteiger partial charge on any atom is -0.356 e. The van der Waals surface area contributed by atoms with E-state index >= 15 is 0 Å². The maximum Gasteiger partial charge on any atom is 0.196 e. The van der Waals surface area contributed by atoms with E-state index in [4.69, 9.17) is 11.6 Å². The second kappa shape index (κ2) is 2.51. The van der Waals surface area contributed by atoms with Gasteiger partial charge in [0.1, 0.15) is 0 Å². The zero-order chi connectivity index (χ0) is 5.98. The Morgan fingerprint density at radius 3 is 3.00 bits per heavy atom. The Bertz CT molecular complexity index is 134. The van der Waals surface area contributed by atoms with Crippen molar-refractivity contribution in [2.24, 2.45) is 4.99 Å². The second-order valence-electron chi connectivity index (χ2n) is 1.35. The third-order valence-corrected chi connectivity index (χ3v) is 1.44. The molecule has 1 heterocycles. The van der Waals surface area contributed by atoms with E-state index in [0.717, 1.165) is 11.0 Å². The molecule has 0 aliphatic carbocycles. The molecule has 8 heavy (non-hydrogen) atoms. The lowest BCUT2D eigenvalue weighted by Gasteiger charge is -2.05. The van der Waals surface area contributed by atoms with Crippen LogP contribution in [0.25, 0.3) is 0 Å². The molecule has 0 atom stereocenters. The van der Waals surface area contributed by atoms with Gasteiger partial charge in [0, 0.05) is 10.7 Å². The summed E-state index contributed by atoms with van der Waals surface area (Å²) in [6.07, 6.45) is 1.68. The molecule has 0 spiro atoms. The van der Waals surface area contributed by atoms with Crippen LogP contribution in [0.5, 0.6) is 0 Å². The molecular formula is C4H4BrClN2. The number of halogens is 2. The summed E-state index contributed by atoms with van der Waals surface area (Å²) < 4.78 is 1.02. The molecule has 0 saturated carbocycles. The van der Waals surface area contributed by atoms with Crippen LogP contribution < -0.4 is 5.32 Å². The van der Waals surface area contributed by atoms with Crippen molar-refractivity contribution >= 4 is 32.8 Å². The Kier molecular flexibility index (Phi) is 1.91. The molecule has 0 aromatic heterocycles. The number of hydrogen-bond donors (Lipinski definition) is 1. The Balaban J connectivity index is 2.65. The van der Waals surface area contributed by atoms with E-state index in [1.807, 2.05) is 0 Å². The third-order valence-electron chi connectivity index (χ3n) is 0.721. The van der Waals surface area contributed by atoms with Crippen LogP contribution in [-0.4, -0.2) is 11.8 Å². The fourth-order valence-corrected chi connectivity index (χ4v) is 0.734. The minimum absolute atomic E-state index is 0.452. The first-order valence-corrected chi connectivity index (χ1v) is 3.28. The molecule has 0 amide bonds. The predicted molar refractivity (Wildman–Crippen MR) is 38.3 cm³/mol. The topological polar surface area (TPSA) is 24.4 Å². The first-order chi connectivity index (χ1) is 3.79. The number of hydrogen-bond acceptors (Lipinski definition) is 2. The molecule has 0 fully saturated rings. The van der Waals surface area contributed by atoms with E-state index in [1.165, 1.54) is 0 Å². The van der Waals surface area contributed by atoms with Crippen LogP contribution in [0.3, 0.4) is 0 Å². The molecule has 0 unspecified atom stereocenters. The second-order valence-corrected chi connectivity index (χ2v) is 2.73. The summed E-state index contributed by atoms with van der Waals surface area (Å²) in [7, 11) is 0. The predicted octanol–water partition coefficient (Wildman–Crippen LogP) is 1.42. The highest BCUT2D eigenvalue weighted by molar-refractivity contribution is 9.11. The average Bonchev–Trinajstić information content (AvgIpc) is 1.77. The van der Waals surface area contributed by atoms with Crippen LogP contribution in [0.4, 0.5) is 0 Å². The molecule has 1 rings (SSSR count). The molecule has 0 saturated heterocycles. The fourth-order valence-electron chi connectivity index (χ4n) is 0.375. The summed E-state index contributed by atoms with van der Waals surface area (Å²) in [5.41, 5.74) is 0. The van der Waals surface area contributed by atoms with Crippen molar-refractivity contribution in [2.45, 2.75) is 0 Å². The van der Waals surface area contributed by atoms with Gasteiger partial charge in [-0.3, -0.25) is 0 Å². The molecule has 0 radical (unpaired) electrons. The van der Waals surface area contributed by atoms with E-state index in [-0.39, 0.29) is 0 Å². The van der Waals surface area contributed by atoms with Crippen LogP contribution in [0.15, 0.2) is 15.7 Å². The van der Waals surface area contributed by atoms with Gasteiger partial charge in [-0.15, -0.1) is 0 Å². The van der Waals surface area contributed by atoms with Crippen molar-refractivity contribution in [3.05, 3.63) is 10.7 Å². The number of nitrogens with one attached hydrogen (secondary N) is 1. The highest BCUT2D eigenvalue weighted by atomic mass is 79.9. The minimum atomic E-state index is 0.452. The smallest absolute Gasteiger partial charge is 0.196 e. The van der Waals surface area contributed by atoms with Gasteiger partial charge in [0.25, 0.3) is 0 Å². The highest BCUT2D eigenvalue weighted by Crippen LogP contribution is 2.06. The van der Waals surface area contributed by atoms with Crippen molar-refractivity contribution in [3.63, 3.8) is 0 Å². The number of nitrogens with zero attached hydrogens (tertiary/aromatic N) is 1. The maximum absolute atomic E-state index is 5.46. The molecule has 44 valence electrons. The largest absolute Gasteiger partial charge is 0.356 e. The lowest BCUT2D eigenvalue weighted by atomic mass is 10.6. The lowest BCUT2D eigenvalue weighted by Crippen LogP contribution is -2.21. The SMILES string of the molecule is ClC1=NC=C(Br)CN1. The highest BCUT2D eigenvalue weighted by Gasteiger charge is 1.98. The van der Waals surface area contributed by atoms with Gasteiger partial charge < -0.3 is 5.32 Å². The summed E-state index contributed by atoms with van der Waals surface area (Å²) in [6.45, 7) is 0.738. The van der Waals surface area contributed by atoms with E-state index in [0.29, 0.717) is 5.29 Å². The molecule has 0 aromatic carbocycles. The molecule has 2 nitrogen and oxygen atoms in total. The molecule has 1 N–H and O–H groups in total. The van der Waals surface area contributed by atoms with Gasteiger partial charge in [0.2, 0.25) is 0 Å². The van der Waals surface area contributed by atoms with Crippen LogP contribution >= 0.6 is 27.5 Å².